The molecule has 0 aromatic rings. The van der Waals surface area contributed by atoms with Crippen molar-refractivity contribution in [3.05, 3.63) is 22.8 Å². The van der Waals surface area contributed by atoms with Gasteiger partial charge in [0.2, 0.25) is 0 Å². The molecule has 0 spiro atoms. The number of rotatable bonds is 8. The van der Waals surface area contributed by atoms with Crippen LogP contribution in [0.4, 0.5) is 0 Å². The molecule has 0 aromatic carbocycles. The molecule has 7 N–H and O–H groups in total. The van der Waals surface area contributed by atoms with E-state index >= 15 is 0 Å². The Balaban J connectivity index is 1.21. The molecule has 246 valence electrons. The smallest absolute Gasteiger partial charge is 0.187 e. The van der Waals surface area contributed by atoms with E-state index in [1.165, 1.54) is 5.57 Å². The van der Waals surface area contributed by atoms with Crippen LogP contribution in [0.3, 0.4) is 0 Å². The van der Waals surface area contributed by atoms with E-state index in [1.807, 2.05) is 13.8 Å². The Morgan fingerprint density at radius 3 is 2.42 bits per heavy atom. The van der Waals surface area contributed by atoms with Gasteiger partial charge in [0, 0.05) is 11.8 Å². The van der Waals surface area contributed by atoms with Gasteiger partial charge in [-0.25, -0.2) is 0 Å². The lowest BCUT2D eigenvalue weighted by Gasteiger charge is -2.59. The maximum atomic E-state index is 11.5. The average Bonchev–Trinajstić information content (AvgIpc) is 3.32. The first-order valence-electron chi connectivity index (χ1n) is 16.5. The van der Waals surface area contributed by atoms with E-state index in [9.17, 15) is 35.7 Å². The molecule has 5 rings (SSSR count). The van der Waals surface area contributed by atoms with Gasteiger partial charge < -0.3 is 45.2 Å². The van der Waals surface area contributed by atoms with E-state index in [4.69, 9.17) is 9.47 Å². The lowest BCUT2D eigenvalue weighted by Crippen LogP contribution is -2.59. The molecule has 15 atom stereocenters. The molecule has 0 bridgehead atoms. The SMILES string of the molecule is C/C(CO[C@@H]1O[C@H](CO)[C@@H](O)[C@H](O)[C@H]1O)=C(\C)C[C@@H](O)[C@@H](C)[C@H]1CC[C@H]2[C@@H]3CC=C4C[C@@H](O)C[C@H](O)[C@]4(C)[C@H]3CC[C@]12C. The Morgan fingerprint density at radius 2 is 1.72 bits per heavy atom. The van der Waals surface area contributed by atoms with Crippen LogP contribution >= 0.6 is 0 Å². The Bertz CT molecular complexity index is 1060. The number of hydrogen-bond donors (Lipinski definition) is 7. The van der Waals surface area contributed by atoms with Crippen molar-refractivity contribution in [2.75, 3.05) is 13.2 Å². The highest BCUT2D eigenvalue weighted by molar-refractivity contribution is 5.27. The molecule has 1 saturated heterocycles. The normalized spacial score (nSPS) is 48.4. The van der Waals surface area contributed by atoms with Crippen LogP contribution < -0.4 is 0 Å². The van der Waals surface area contributed by atoms with Gasteiger partial charge in [0.05, 0.1) is 31.5 Å². The molecular formula is C34H56O9. The van der Waals surface area contributed by atoms with Crippen molar-refractivity contribution in [3.8, 4) is 0 Å². The minimum atomic E-state index is -1.48. The fraction of sp³-hybridized carbons (Fsp3) is 0.882. The quantitative estimate of drug-likeness (QED) is 0.205. The molecule has 9 nitrogen and oxygen atoms in total. The van der Waals surface area contributed by atoms with Gasteiger partial charge >= 0.3 is 0 Å². The summed E-state index contributed by atoms with van der Waals surface area (Å²) in [4.78, 5) is 0. The lowest BCUT2D eigenvalue weighted by atomic mass is 9.46. The van der Waals surface area contributed by atoms with Crippen molar-refractivity contribution in [3.63, 3.8) is 0 Å². The van der Waals surface area contributed by atoms with Crippen molar-refractivity contribution in [2.45, 2.75) is 135 Å². The molecule has 0 unspecified atom stereocenters. The fourth-order valence-corrected chi connectivity index (χ4v) is 10.1. The number of aliphatic hydroxyl groups is 7. The monoisotopic (exact) mass is 608 g/mol. The van der Waals surface area contributed by atoms with Gasteiger partial charge in [-0.3, -0.25) is 0 Å². The Kier molecular flexibility index (Phi) is 9.91. The zero-order chi connectivity index (χ0) is 31.4. The number of ether oxygens (including phenoxy) is 2. The minimum Gasteiger partial charge on any atom is -0.394 e. The van der Waals surface area contributed by atoms with E-state index in [-0.39, 0.29) is 23.4 Å². The first-order chi connectivity index (χ1) is 20.2. The first kappa shape index (κ1) is 33.5. The summed E-state index contributed by atoms with van der Waals surface area (Å²) in [5, 5.41) is 72.7. The predicted octanol–water partition coefficient (Wildman–Crippen LogP) is 2.44. The number of allylic oxidation sites excluding steroid dienone is 1. The van der Waals surface area contributed by atoms with E-state index in [1.54, 1.807) is 0 Å². The summed E-state index contributed by atoms with van der Waals surface area (Å²) in [5.41, 5.74) is 3.05. The van der Waals surface area contributed by atoms with E-state index in [2.05, 4.69) is 26.8 Å². The van der Waals surface area contributed by atoms with Crippen LogP contribution in [0.25, 0.3) is 0 Å². The van der Waals surface area contributed by atoms with Gasteiger partial charge in [-0.15, -0.1) is 0 Å². The van der Waals surface area contributed by atoms with Crippen molar-refractivity contribution in [1.82, 2.24) is 0 Å². The van der Waals surface area contributed by atoms with Gasteiger partial charge in [0.1, 0.15) is 24.4 Å². The summed E-state index contributed by atoms with van der Waals surface area (Å²) in [6.45, 7) is 10.4. The van der Waals surface area contributed by atoms with Gasteiger partial charge in [-0.2, -0.15) is 0 Å². The third-order valence-corrected chi connectivity index (χ3v) is 13.1. The summed E-state index contributed by atoms with van der Waals surface area (Å²) >= 11 is 0. The maximum Gasteiger partial charge on any atom is 0.187 e. The van der Waals surface area contributed by atoms with Crippen LogP contribution in [0.5, 0.6) is 0 Å². The first-order valence-corrected chi connectivity index (χ1v) is 16.5. The molecule has 5 aliphatic rings. The van der Waals surface area contributed by atoms with E-state index in [0.717, 1.165) is 43.3 Å². The van der Waals surface area contributed by atoms with E-state index < -0.39 is 55.6 Å². The molecule has 43 heavy (non-hydrogen) atoms. The van der Waals surface area contributed by atoms with Crippen molar-refractivity contribution in [2.24, 2.45) is 40.4 Å². The fourth-order valence-electron chi connectivity index (χ4n) is 10.1. The standard InChI is InChI=1S/C34H56O9/c1-17(18(2)16-42-32-31(41)30(40)29(39)27(15-35)43-32)12-26(37)19(3)23-8-9-24-22-7-6-20-13-21(36)14-28(38)34(20,5)25(22)10-11-33(23,24)4/h6,19,21-32,35-41H,7-16H2,1-5H3/b18-17-/t19-,21+,22-,23+,24-,25-,26+,27+,28-,29+,30-,31+,32+,33+,34-/m0/s1. The van der Waals surface area contributed by atoms with Crippen LogP contribution in [0, 0.1) is 40.4 Å². The van der Waals surface area contributed by atoms with Crippen LogP contribution in [-0.2, 0) is 9.47 Å². The zero-order valence-corrected chi connectivity index (χ0v) is 26.6. The molecule has 1 heterocycles. The topological polar surface area (TPSA) is 160 Å². The van der Waals surface area contributed by atoms with Crippen molar-refractivity contribution >= 4 is 0 Å². The number of hydrogen-bond acceptors (Lipinski definition) is 9. The van der Waals surface area contributed by atoms with Gasteiger partial charge in [-0.1, -0.05) is 38.0 Å². The largest absolute Gasteiger partial charge is 0.394 e. The predicted molar refractivity (Wildman–Crippen MR) is 160 cm³/mol. The van der Waals surface area contributed by atoms with Crippen LogP contribution in [0.2, 0.25) is 0 Å². The van der Waals surface area contributed by atoms with Crippen molar-refractivity contribution in [1.29, 1.82) is 0 Å². The third-order valence-electron chi connectivity index (χ3n) is 13.1. The highest BCUT2D eigenvalue weighted by Crippen LogP contribution is 2.67. The molecule has 9 heteroatoms. The Hall–Kier alpha value is -0.880. The lowest BCUT2D eigenvalue weighted by molar-refractivity contribution is -0.299. The number of aliphatic hydroxyl groups excluding tert-OH is 7. The van der Waals surface area contributed by atoms with Gasteiger partial charge in [0.15, 0.2) is 6.29 Å². The molecule has 0 aromatic heterocycles. The second-order valence-corrected chi connectivity index (χ2v) is 15.2. The van der Waals surface area contributed by atoms with Gasteiger partial charge in [0.25, 0.3) is 0 Å². The summed E-state index contributed by atoms with van der Waals surface area (Å²) in [6.07, 6.45) is 1.43. The highest BCUT2D eigenvalue weighted by atomic mass is 16.7. The average molecular weight is 609 g/mol. The molecular weight excluding hydrogens is 552 g/mol. The molecule has 4 aliphatic carbocycles. The third kappa shape index (κ3) is 5.80. The molecule has 4 fully saturated rings. The van der Waals surface area contributed by atoms with Crippen LogP contribution in [0.15, 0.2) is 22.8 Å². The van der Waals surface area contributed by atoms with Crippen molar-refractivity contribution < 1.29 is 45.2 Å². The molecule has 1 aliphatic heterocycles. The van der Waals surface area contributed by atoms with E-state index in [0.29, 0.717) is 42.9 Å². The second kappa shape index (κ2) is 12.7. The second-order valence-electron chi connectivity index (χ2n) is 15.2. The zero-order valence-electron chi connectivity index (χ0n) is 26.6. The summed E-state index contributed by atoms with van der Waals surface area (Å²) < 4.78 is 11.2. The van der Waals surface area contributed by atoms with Crippen LogP contribution in [0.1, 0.15) is 86.0 Å². The summed E-state index contributed by atoms with van der Waals surface area (Å²) in [7, 11) is 0. The maximum absolute atomic E-state index is 11.5. The highest BCUT2D eigenvalue weighted by Gasteiger charge is 2.61. The number of fused-ring (bicyclic) bond motifs is 5. The molecule has 0 amide bonds. The Morgan fingerprint density at radius 1 is 1.00 bits per heavy atom. The molecule has 3 saturated carbocycles. The van der Waals surface area contributed by atoms with Gasteiger partial charge in [-0.05, 0) is 99.4 Å². The minimum absolute atomic E-state index is 0.112. The molecule has 0 radical (unpaired) electrons. The Labute approximate surface area is 256 Å². The summed E-state index contributed by atoms with van der Waals surface area (Å²) in [5.74, 6) is 2.04. The van der Waals surface area contributed by atoms with Crippen LogP contribution in [-0.4, -0.2) is 98.0 Å². The summed E-state index contributed by atoms with van der Waals surface area (Å²) in [6, 6.07) is 0.